The van der Waals surface area contributed by atoms with Gasteiger partial charge in [-0.25, -0.2) is 4.79 Å². The Labute approximate surface area is 200 Å². The summed E-state index contributed by atoms with van der Waals surface area (Å²) >= 11 is 1.36. The van der Waals surface area contributed by atoms with Gasteiger partial charge in [0.2, 0.25) is 0 Å². The van der Waals surface area contributed by atoms with Gasteiger partial charge in [-0.15, -0.1) is 11.3 Å². The van der Waals surface area contributed by atoms with Crippen molar-refractivity contribution in [3.63, 3.8) is 0 Å². The number of aryl methyl sites for hydroxylation is 2. The number of fused-ring (bicyclic) bond motifs is 1. The van der Waals surface area contributed by atoms with Crippen LogP contribution in [-0.2, 0) is 23.0 Å². The number of carbonyl (C=O) groups excluding carboxylic acids is 2. The van der Waals surface area contributed by atoms with Crippen LogP contribution in [0.3, 0.4) is 0 Å². The van der Waals surface area contributed by atoms with Gasteiger partial charge in [0.1, 0.15) is 10.6 Å². The van der Waals surface area contributed by atoms with Gasteiger partial charge in [0.05, 0.1) is 6.61 Å². The maximum atomic E-state index is 13.0. The molecule has 0 spiro atoms. The zero-order valence-corrected chi connectivity index (χ0v) is 20.6. The van der Waals surface area contributed by atoms with E-state index in [9.17, 15) is 9.59 Å². The standard InChI is InChI=1S/C28H31NO3S/c1-5-32-27(31)24-23(21-11-10-18-8-6-7-9-20(18)16-21)17-33-26(24)29-25(30)19-12-14-22(15-13-19)28(2,3)4/h10-17H,5-9H2,1-4H3,(H,29,30). The second-order valence-corrected chi connectivity index (χ2v) is 10.4. The van der Waals surface area contributed by atoms with Crippen molar-refractivity contribution in [1.29, 1.82) is 0 Å². The van der Waals surface area contributed by atoms with Crippen LogP contribution in [0, 0.1) is 0 Å². The van der Waals surface area contributed by atoms with Crippen LogP contribution in [-0.4, -0.2) is 18.5 Å². The highest BCUT2D eigenvalue weighted by molar-refractivity contribution is 7.15. The molecule has 4 rings (SSSR count). The Hall–Kier alpha value is -2.92. The molecule has 33 heavy (non-hydrogen) atoms. The number of thiophene rings is 1. The maximum Gasteiger partial charge on any atom is 0.341 e. The van der Waals surface area contributed by atoms with Crippen molar-refractivity contribution < 1.29 is 14.3 Å². The number of hydrogen-bond acceptors (Lipinski definition) is 4. The highest BCUT2D eigenvalue weighted by Crippen LogP contribution is 2.38. The summed E-state index contributed by atoms with van der Waals surface area (Å²) in [6.45, 7) is 8.49. The van der Waals surface area contributed by atoms with Crippen LogP contribution >= 0.6 is 11.3 Å². The van der Waals surface area contributed by atoms with Crippen LogP contribution in [0.1, 0.15) is 77.9 Å². The van der Waals surface area contributed by atoms with E-state index in [1.807, 2.05) is 29.6 Å². The maximum absolute atomic E-state index is 13.0. The van der Waals surface area contributed by atoms with E-state index in [0.717, 1.165) is 29.5 Å². The number of benzene rings is 2. The minimum atomic E-state index is -0.412. The third kappa shape index (κ3) is 5.03. The molecule has 3 aromatic rings. The second-order valence-electron chi connectivity index (χ2n) is 9.55. The van der Waals surface area contributed by atoms with Crippen molar-refractivity contribution >= 4 is 28.2 Å². The SMILES string of the molecule is CCOC(=O)c1c(-c2ccc3c(c2)CCCC3)csc1NC(=O)c1ccc(C(C)(C)C)cc1. The topological polar surface area (TPSA) is 55.4 Å². The summed E-state index contributed by atoms with van der Waals surface area (Å²) in [5, 5.41) is 5.41. The van der Waals surface area contributed by atoms with Crippen molar-refractivity contribution in [3.8, 4) is 11.1 Å². The number of rotatable bonds is 5. The molecule has 0 saturated heterocycles. The van der Waals surface area contributed by atoms with Crippen molar-refractivity contribution in [2.24, 2.45) is 0 Å². The van der Waals surface area contributed by atoms with Gasteiger partial charge in [-0.2, -0.15) is 0 Å². The van der Waals surface area contributed by atoms with Crippen molar-refractivity contribution in [2.75, 3.05) is 11.9 Å². The van der Waals surface area contributed by atoms with E-state index in [0.29, 0.717) is 16.1 Å². The zero-order valence-electron chi connectivity index (χ0n) is 19.8. The molecule has 2 aromatic carbocycles. The number of amides is 1. The Bertz CT molecular complexity index is 1170. The molecule has 1 aliphatic carbocycles. The fourth-order valence-corrected chi connectivity index (χ4v) is 5.22. The van der Waals surface area contributed by atoms with E-state index in [-0.39, 0.29) is 17.9 Å². The molecule has 0 fully saturated rings. The summed E-state index contributed by atoms with van der Waals surface area (Å²) in [4.78, 5) is 25.9. The van der Waals surface area contributed by atoms with Gasteiger partial charge in [-0.1, -0.05) is 51.1 Å². The van der Waals surface area contributed by atoms with Gasteiger partial charge < -0.3 is 10.1 Å². The average Bonchev–Trinajstić information content (AvgIpc) is 3.22. The first-order chi connectivity index (χ1) is 15.8. The van der Waals surface area contributed by atoms with E-state index in [4.69, 9.17) is 4.74 Å². The number of esters is 1. The molecule has 1 aliphatic rings. The highest BCUT2D eigenvalue weighted by Gasteiger charge is 2.24. The fraction of sp³-hybridized carbons (Fsp3) is 0.357. The van der Waals surface area contributed by atoms with Crippen molar-refractivity contribution in [2.45, 2.75) is 58.8 Å². The molecule has 0 bridgehead atoms. The average molecular weight is 462 g/mol. The minimum absolute atomic E-state index is 0.0175. The van der Waals surface area contributed by atoms with Crippen LogP contribution in [0.15, 0.2) is 47.8 Å². The van der Waals surface area contributed by atoms with Gasteiger partial charge in [0.15, 0.2) is 0 Å². The number of ether oxygens (including phenoxy) is 1. The molecule has 0 radical (unpaired) electrons. The number of hydrogen-bond donors (Lipinski definition) is 1. The Kier molecular flexibility index (Phi) is 6.71. The molecule has 4 nitrogen and oxygen atoms in total. The smallest absolute Gasteiger partial charge is 0.341 e. The van der Waals surface area contributed by atoms with Crippen LogP contribution < -0.4 is 5.32 Å². The molecule has 1 N–H and O–H groups in total. The molecular formula is C28H31NO3S. The van der Waals surface area contributed by atoms with Crippen molar-refractivity contribution in [3.05, 3.63) is 75.7 Å². The summed E-state index contributed by atoms with van der Waals surface area (Å²) < 4.78 is 5.36. The van der Waals surface area contributed by atoms with Crippen LogP contribution in [0.5, 0.6) is 0 Å². The molecule has 0 aliphatic heterocycles. The molecule has 1 heterocycles. The summed E-state index contributed by atoms with van der Waals surface area (Å²) in [5.74, 6) is -0.648. The Balaban J connectivity index is 1.65. The van der Waals surface area contributed by atoms with E-state index < -0.39 is 5.97 Å². The van der Waals surface area contributed by atoms with Gasteiger partial charge in [0, 0.05) is 16.5 Å². The molecule has 0 atom stereocenters. The first-order valence-electron chi connectivity index (χ1n) is 11.6. The third-order valence-electron chi connectivity index (χ3n) is 6.17. The largest absolute Gasteiger partial charge is 0.462 e. The van der Waals surface area contributed by atoms with Gasteiger partial charge in [0.25, 0.3) is 5.91 Å². The van der Waals surface area contributed by atoms with E-state index in [1.165, 1.54) is 35.3 Å². The van der Waals surface area contributed by atoms with Gasteiger partial charge >= 0.3 is 5.97 Å². The molecule has 5 heteroatoms. The quantitative estimate of drug-likeness (QED) is 0.415. The first-order valence-corrected chi connectivity index (χ1v) is 12.5. The molecule has 1 aromatic heterocycles. The van der Waals surface area contributed by atoms with Gasteiger partial charge in [-0.05, 0) is 72.4 Å². The molecule has 1 amide bonds. The molecule has 172 valence electrons. The predicted molar refractivity (Wildman–Crippen MR) is 135 cm³/mol. The monoisotopic (exact) mass is 461 g/mol. The Morgan fingerprint density at radius 1 is 1.00 bits per heavy atom. The lowest BCUT2D eigenvalue weighted by molar-refractivity contribution is 0.0529. The number of nitrogens with one attached hydrogen (secondary N) is 1. The van der Waals surface area contributed by atoms with Gasteiger partial charge in [-0.3, -0.25) is 4.79 Å². The van der Waals surface area contributed by atoms with Crippen molar-refractivity contribution in [1.82, 2.24) is 0 Å². The lowest BCUT2D eigenvalue weighted by Gasteiger charge is -2.19. The Morgan fingerprint density at radius 2 is 1.70 bits per heavy atom. The number of anilines is 1. The zero-order chi connectivity index (χ0) is 23.6. The van der Waals surface area contributed by atoms with Crippen LogP contribution in [0.4, 0.5) is 5.00 Å². The number of carbonyl (C=O) groups is 2. The normalized spacial score (nSPS) is 13.3. The summed E-state index contributed by atoms with van der Waals surface area (Å²) in [6.07, 6.45) is 4.60. The van der Waals surface area contributed by atoms with E-state index >= 15 is 0 Å². The second kappa shape index (κ2) is 9.52. The summed E-state index contributed by atoms with van der Waals surface area (Å²) in [7, 11) is 0. The Morgan fingerprint density at radius 3 is 2.36 bits per heavy atom. The minimum Gasteiger partial charge on any atom is -0.462 e. The fourth-order valence-electron chi connectivity index (χ4n) is 4.27. The third-order valence-corrected chi connectivity index (χ3v) is 7.07. The lowest BCUT2D eigenvalue weighted by Crippen LogP contribution is -2.16. The lowest BCUT2D eigenvalue weighted by atomic mass is 9.87. The summed E-state index contributed by atoms with van der Waals surface area (Å²) in [6, 6.07) is 14.1. The summed E-state index contributed by atoms with van der Waals surface area (Å²) in [5.41, 5.74) is 6.71. The van der Waals surface area contributed by atoms with E-state index in [2.05, 4.69) is 44.3 Å². The van der Waals surface area contributed by atoms with E-state index in [1.54, 1.807) is 6.92 Å². The first kappa shape index (κ1) is 23.2. The predicted octanol–water partition coefficient (Wildman–Crippen LogP) is 7.02. The molecule has 0 unspecified atom stereocenters. The molecular weight excluding hydrogens is 430 g/mol. The van der Waals surface area contributed by atoms with Crippen LogP contribution in [0.25, 0.3) is 11.1 Å². The molecule has 0 saturated carbocycles. The van der Waals surface area contributed by atoms with Crippen LogP contribution in [0.2, 0.25) is 0 Å². The highest BCUT2D eigenvalue weighted by atomic mass is 32.1.